The van der Waals surface area contributed by atoms with Gasteiger partial charge in [-0.05, 0) is 36.8 Å². The summed E-state index contributed by atoms with van der Waals surface area (Å²) in [6.45, 7) is 2.72. The fraction of sp³-hybridized carbons (Fsp3) is 0.154. The highest BCUT2D eigenvalue weighted by Crippen LogP contribution is 2.26. The zero-order chi connectivity index (χ0) is 12.4. The summed E-state index contributed by atoms with van der Waals surface area (Å²) in [6, 6.07) is 10.1. The maximum atomic E-state index is 4.55. The first-order valence-corrected chi connectivity index (χ1v) is 6.50. The van der Waals surface area contributed by atoms with Crippen LogP contribution in [0.15, 0.2) is 36.5 Å². The van der Waals surface area contributed by atoms with E-state index in [9.17, 15) is 0 Å². The minimum atomic E-state index is 0.645. The molecule has 1 aromatic carbocycles. The summed E-state index contributed by atoms with van der Waals surface area (Å²) in [4.78, 5) is 4.55. The first-order valence-electron chi connectivity index (χ1n) is 5.69. The smallest absolute Gasteiger partial charge is 0.184 e. The van der Waals surface area contributed by atoms with Crippen LogP contribution in [-0.4, -0.2) is 15.2 Å². The van der Waals surface area contributed by atoms with Crippen molar-refractivity contribution in [3.8, 4) is 0 Å². The molecule has 0 saturated heterocycles. The second-order valence-electron chi connectivity index (χ2n) is 4.06. The number of hydrogen-bond acceptors (Lipinski definition) is 5. The predicted octanol–water partition coefficient (Wildman–Crippen LogP) is 3.01. The monoisotopic (exact) mass is 256 g/mol. The van der Waals surface area contributed by atoms with Gasteiger partial charge in [0.2, 0.25) is 0 Å². The molecule has 0 atom stereocenters. The molecule has 3 aromatic rings. The van der Waals surface area contributed by atoms with Gasteiger partial charge in [-0.2, -0.15) is 10.2 Å². The molecule has 0 unspecified atom stereocenters. The fourth-order valence-electron chi connectivity index (χ4n) is 1.71. The molecular formula is C13H12N4S. The molecule has 0 fully saturated rings. The van der Waals surface area contributed by atoms with E-state index in [1.165, 1.54) is 10.3 Å². The molecule has 0 radical (unpaired) electrons. The highest BCUT2D eigenvalue weighted by atomic mass is 32.1. The van der Waals surface area contributed by atoms with Crippen LogP contribution in [0.25, 0.3) is 10.2 Å². The maximum absolute atomic E-state index is 4.55. The SMILES string of the molecule is Cc1ccc2sc(NCc3cccnn3)nc2c1. The van der Waals surface area contributed by atoms with E-state index in [0.29, 0.717) is 6.54 Å². The predicted molar refractivity (Wildman–Crippen MR) is 73.7 cm³/mol. The number of anilines is 1. The van der Waals surface area contributed by atoms with Gasteiger partial charge in [-0.3, -0.25) is 0 Å². The van der Waals surface area contributed by atoms with Gasteiger partial charge in [0.1, 0.15) is 0 Å². The van der Waals surface area contributed by atoms with Crippen molar-refractivity contribution in [1.29, 1.82) is 0 Å². The van der Waals surface area contributed by atoms with Crippen LogP contribution in [0.2, 0.25) is 0 Å². The van der Waals surface area contributed by atoms with Gasteiger partial charge in [0.15, 0.2) is 5.13 Å². The Labute approximate surface area is 109 Å². The number of nitrogens with one attached hydrogen (secondary N) is 1. The third kappa shape index (κ3) is 2.31. The molecule has 0 aliphatic carbocycles. The lowest BCUT2D eigenvalue weighted by atomic mass is 10.2. The Hall–Kier alpha value is -2.01. The van der Waals surface area contributed by atoms with Crippen molar-refractivity contribution in [3.05, 3.63) is 47.8 Å². The van der Waals surface area contributed by atoms with Crippen LogP contribution < -0.4 is 5.32 Å². The van der Waals surface area contributed by atoms with E-state index in [4.69, 9.17) is 0 Å². The minimum absolute atomic E-state index is 0.645. The van der Waals surface area contributed by atoms with E-state index >= 15 is 0 Å². The fourth-order valence-corrected chi connectivity index (χ4v) is 2.55. The van der Waals surface area contributed by atoms with Crippen LogP contribution in [0.5, 0.6) is 0 Å². The van der Waals surface area contributed by atoms with Gasteiger partial charge in [-0.25, -0.2) is 4.98 Å². The third-order valence-electron chi connectivity index (χ3n) is 2.59. The number of thiazole rings is 1. The molecule has 90 valence electrons. The minimum Gasteiger partial charge on any atom is -0.356 e. The molecule has 0 aliphatic heterocycles. The van der Waals surface area contributed by atoms with E-state index in [1.54, 1.807) is 17.5 Å². The summed E-state index contributed by atoms with van der Waals surface area (Å²) in [7, 11) is 0. The average Bonchev–Trinajstić information content (AvgIpc) is 2.79. The molecular weight excluding hydrogens is 244 g/mol. The van der Waals surface area contributed by atoms with Gasteiger partial charge in [-0.15, -0.1) is 0 Å². The van der Waals surface area contributed by atoms with Gasteiger partial charge in [0, 0.05) is 6.20 Å². The molecule has 0 saturated carbocycles. The normalized spacial score (nSPS) is 10.7. The lowest BCUT2D eigenvalue weighted by Crippen LogP contribution is -2.01. The largest absolute Gasteiger partial charge is 0.356 e. The second kappa shape index (κ2) is 4.70. The molecule has 0 amide bonds. The zero-order valence-electron chi connectivity index (χ0n) is 9.92. The summed E-state index contributed by atoms with van der Waals surface area (Å²) < 4.78 is 1.20. The van der Waals surface area contributed by atoms with Crippen molar-refractivity contribution in [2.45, 2.75) is 13.5 Å². The number of aryl methyl sites for hydroxylation is 1. The van der Waals surface area contributed by atoms with Gasteiger partial charge in [-0.1, -0.05) is 17.4 Å². The Morgan fingerprint density at radius 1 is 1.28 bits per heavy atom. The Morgan fingerprint density at radius 2 is 2.22 bits per heavy atom. The van der Waals surface area contributed by atoms with E-state index < -0.39 is 0 Å². The highest BCUT2D eigenvalue weighted by molar-refractivity contribution is 7.22. The van der Waals surface area contributed by atoms with E-state index in [0.717, 1.165) is 16.3 Å². The third-order valence-corrected chi connectivity index (χ3v) is 3.59. The number of aromatic nitrogens is 3. The molecule has 5 heteroatoms. The van der Waals surface area contributed by atoms with Gasteiger partial charge in [0.25, 0.3) is 0 Å². The number of rotatable bonds is 3. The van der Waals surface area contributed by atoms with Gasteiger partial charge in [0.05, 0.1) is 22.5 Å². The standard InChI is InChI=1S/C13H12N4S/c1-9-4-5-12-11(7-9)16-13(18-12)14-8-10-3-2-6-15-17-10/h2-7H,8H2,1H3,(H,14,16). The number of benzene rings is 1. The Balaban J connectivity index is 1.79. The van der Waals surface area contributed by atoms with Crippen molar-refractivity contribution in [2.75, 3.05) is 5.32 Å². The molecule has 2 heterocycles. The summed E-state index contributed by atoms with van der Waals surface area (Å²) in [5.74, 6) is 0. The molecule has 0 bridgehead atoms. The lowest BCUT2D eigenvalue weighted by molar-refractivity contribution is 0.924. The van der Waals surface area contributed by atoms with Crippen molar-refractivity contribution in [2.24, 2.45) is 0 Å². The molecule has 2 aromatic heterocycles. The molecule has 0 aliphatic rings. The maximum Gasteiger partial charge on any atom is 0.184 e. The van der Waals surface area contributed by atoms with Crippen LogP contribution in [0.4, 0.5) is 5.13 Å². The van der Waals surface area contributed by atoms with Crippen LogP contribution >= 0.6 is 11.3 Å². The van der Waals surface area contributed by atoms with Crippen LogP contribution in [0.1, 0.15) is 11.3 Å². The van der Waals surface area contributed by atoms with Crippen molar-refractivity contribution in [1.82, 2.24) is 15.2 Å². The molecule has 1 N–H and O–H groups in total. The number of fused-ring (bicyclic) bond motifs is 1. The topological polar surface area (TPSA) is 50.7 Å². The van der Waals surface area contributed by atoms with Gasteiger partial charge >= 0.3 is 0 Å². The summed E-state index contributed by atoms with van der Waals surface area (Å²) in [5, 5.41) is 12.1. The van der Waals surface area contributed by atoms with Gasteiger partial charge < -0.3 is 5.32 Å². The molecule has 0 spiro atoms. The van der Waals surface area contributed by atoms with Crippen LogP contribution in [0.3, 0.4) is 0 Å². The lowest BCUT2D eigenvalue weighted by Gasteiger charge is -1.99. The highest BCUT2D eigenvalue weighted by Gasteiger charge is 2.03. The number of hydrogen-bond donors (Lipinski definition) is 1. The first-order chi connectivity index (χ1) is 8.81. The Bertz CT molecular complexity index is 663. The van der Waals surface area contributed by atoms with Crippen molar-refractivity contribution in [3.63, 3.8) is 0 Å². The van der Waals surface area contributed by atoms with Crippen molar-refractivity contribution >= 4 is 26.7 Å². The van der Waals surface area contributed by atoms with Crippen LogP contribution in [0, 0.1) is 6.92 Å². The summed E-state index contributed by atoms with van der Waals surface area (Å²) in [5.41, 5.74) is 3.18. The van der Waals surface area contributed by atoms with Crippen LogP contribution in [-0.2, 0) is 6.54 Å². The van der Waals surface area contributed by atoms with Crippen molar-refractivity contribution < 1.29 is 0 Å². The average molecular weight is 256 g/mol. The Morgan fingerprint density at radius 3 is 3.06 bits per heavy atom. The first kappa shape index (κ1) is 11.1. The Kier molecular flexibility index (Phi) is 2.90. The van der Waals surface area contributed by atoms with E-state index in [-0.39, 0.29) is 0 Å². The van der Waals surface area contributed by atoms with E-state index in [2.05, 4.69) is 45.6 Å². The summed E-state index contributed by atoms with van der Waals surface area (Å²) in [6.07, 6.45) is 1.67. The second-order valence-corrected chi connectivity index (χ2v) is 5.09. The summed E-state index contributed by atoms with van der Waals surface area (Å²) >= 11 is 1.65. The zero-order valence-corrected chi connectivity index (χ0v) is 10.7. The quantitative estimate of drug-likeness (QED) is 0.782. The molecule has 4 nitrogen and oxygen atoms in total. The molecule has 18 heavy (non-hydrogen) atoms. The number of nitrogens with zero attached hydrogens (tertiary/aromatic N) is 3. The molecule has 3 rings (SSSR count). The van der Waals surface area contributed by atoms with E-state index in [1.807, 2.05) is 12.1 Å².